The number of nitrogens with one attached hydrogen (secondary N) is 16. The lowest BCUT2D eigenvalue weighted by atomic mass is 9.92. The van der Waals surface area contributed by atoms with Crippen LogP contribution >= 0.6 is 0 Å². The zero-order valence-corrected chi connectivity index (χ0v) is 81.4. The minimum atomic E-state index is -2.27. The Hall–Kier alpha value is -11.7. The maximum absolute atomic E-state index is 14.6. The second-order valence-corrected chi connectivity index (χ2v) is 34.4. The van der Waals surface area contributed by atoms with Crippen molar-refractivity contribution < 1.29 is 189 Å². The van der Waals surface area contributed by atoms with Crippen molar-refractivity contribution >= 4 is 118 Å². The van der Waals surface area contributed by atoms with Crippen LogP contribution in [0, 0.1) is 0 Å². The molecule has 4 fully saturated rings. The number of carbonyl (C=O) groups excluding carboxylic acids is 18. The third kappa shape index (κ3) is 39.2. The van der Waals surface area contributed by atoms with Crippen LogP contribution in [0.25, 0.3) is 0 Å². The molecule has 4 heterocycles. The lowest BCUT2D eigenvalue weighted by molar-refractivity contribution is -0.366. The predicted octanol–water partition coefficient (Wildman–Crippen LogP) is -12.5. The first-order chi connectivity index (χ1) is 66.6. The Bertz CT molecular complexity index is 4330. The van der Waals surface area contributed by atoms with Gasteiger partial charge in [0.1, 0.15) is 170 Å². The lowest BCUT2D eigenvalue weighted by Gasteiger charge is -2.52. The fourth-order valence-electron chi connectivity index (χ4n) is 14.9. The minimum absolute atomic E-state index is 0.0529. The molecule has 0 spiro atoms. The molecule has 4 rings (SSSR count). The van der Waals surface area contributed by atoms with Crippen molar-refractivity contribution in [3.63, 3.8) is 0 Å². The van der Waals surface area contributed by atoms with Crippen molar-refractivity contribution in [2.24, 2.45) is 11.5 Å². The summed E-state index contributed by atoms with van der Waals surface area (Å²) < 4.78 is 62.9. The topological polar surface area (TPSA) is 860 Å². The van der Waals surface area contributed by atoms with Gasteiger partial charge in [-0.25, -0.2) is 0 Å². The standard InChI is InChI=1S/C85H140N18O39/c1-16-29-133-82-60(98-46(14)112)68(134-40(8)76(125)90-36(4)74(123)102-48(70(86)119)23-25-56(114)100-50(21-17-19-27-88-42(10)108)78(127)92-34(2)72(121)94-38(6)80(129)130)66(54(32-106)137-82)142-84-59(97-45(13)111)64(118)65(53(31-105)138-84)140-85-61(99-47(15)113)69(67(55(33-107)139-85)141-83-58(96-44(12)110)63(117)62(116)52(30-104)136-83)135-41(9)77(126)91-37(5)75(124)103-49(71(87)120)24-26-57(115)101-51(22-18-20-28-89-43(11)109)79(128)93-35(3)73(122)95-39(7)81(131)132/h16,29,34-41,48-55,58-69,82-85,104-107,116-118H,17-28,30-33H2,1-15H3,(H2,86,119)(H2,87,120)(H,88,108)(H,89,109)(H,90,125)(H,91,126)(H,92,127)(H,93,128)(H,94,121)(H,95,122)(H,96,110)(H,97,111)(H,98,112)(H,99,113)(H,100,114)(H,101,115)(H,102,123)(H,103,124)(H,129,130)(H,131,132)/b29-16+/t34-,35-,36+,37+,38-,39-,40-,41-,48-,49-,50+,51+,52-,53-,54-,55-,58-,59-,60-,61-,62-,63-,64-,65-,66-,67-,68-,69-,82?,83+,84+,85+/m1/s1. The molecule has 0 radical (unpaired) electrons. The van der Waals surface area contributed by atoms with Crippen LogP contribution < -0.4 is 96.5 Å². The van der Waals surface area contributed by atoms with Crippen molar-refractivity contribution in [1.29, 1.82) is 0 Å². The van der Waals surface area contributed by atoms with E-state index in [4.69, 9.17) is 58.8 Å². The van der Waals surface area contributed by atoms with E-state index in [-0.39, 0.29) is 50.6 Å². The Morgan fingerprint density at radius 2 is 0.634 bits per heavy atom. The number of carboxylic acids is 2. The number of rotatable bonds is 58. The quantitative estimate of drug-likeness (QED) is 0.0199. The van der Waals surface area contributed by atoms with Crippen LogP contribution in [0.2, 0.25) is 0 Å². The van der Waals surface area contributed by atoms with Crippen molar-refractivity contribution in [2.45, 2.75) is 363 Å². The number of primary amides is 2. The minimum Gasteiger partial charge on any atom is -0.480 e. The summed E-state index contributed by atoms with van der Waals surface area (Å²) in [5, 5.41) is 137. The number of hydrogen-bond acceptors (Lipinski definition) is 37. The Morgan fingerprint density at radius 3 is 0.972 bits per heavy atom. The Labute approximate surface area is 816 Å². The predicted molar refractivity (Wildman–Crippen MR) is 481 cm³/mol. The number of aliphatic carboxylic acids is 2. The van der Waals surface area contributed by atoms with Crippen LogP contribution in [0.3, 0.4) is 0 Å². The molecular formula is C85H140N18O39. The zero-order valence-electron chi connectivity index (χ0n) is 81.4. The van der Waals surface area contributed by atoms with Crippen molar-refractivity contribution in [3.05, 3.63) is 12.3 Å². The highest BCUT2D eigenvalue weighted by Crippen LogP contribution is 2.37. The molecule has 4 saturated heterocycles. The number of carboxylic acid groups (broad SMARTS) is 2. The molecule has 0 aromatic rings. The summed E-state index contributed by atoms with van der Waals surface area (Å²) in [6.45, 7) is 13.3. The molecule has 0 bridgehead atoms. The van der Waals surface area contributed by atoms with Crippen LogP contribution in [-0.2, 0) is 143 Å². The average molecular weight is 2040 g/mol. The van der Waals surface area contributed by atoms with Gasteiger partial charge < -0.3 is 190 Å². The van der Waals surface area contributed by atoms with Gasteiger partial charge in [-0.15, -0.1) is 0 Å². The summed E-state index contributed by atoms with van der Waals surface area (Å²) >= 11 is 0. The molecule has 1 unspecified atom stereocenters. The van der Waals surface area contributed by atoms with E-state index in [0.717, 1.165) is 61.7 Å². The fraction of sp³-hybridized carbons (Fsp3) is 0.741. The maximum atomic E-state index is 14.6. The second-order valence-electron chi connectivity index (χ2n) is 34.4. The van der Waals surface area contributed by atoms with Gasteiger partial charge in [-0.3, -0.25) is 95.9 Å². The van der Waals surface area contributed by atoms with E-state index in [1.54, 1.807) is 0 Å². The third-order valence-corrected chi connectivity index (χ3v) is 22.5. The van der Waals surface area contributed by atoms with Crippen LogP contribution in [-0.4, -0.2) is 399 Å². The first kappa shape index (κ1) is 123. The SMILES string of the molecule is C/C=C/OC1O[C@H](CO)[C@@H](O[C@@H]2O[C@H](CO)[C@@H](O[C@@H]3O[C@H](CO)[C@@H](O[C@@H]4O[C@H](CO)[C@@H](O)[C@H](O)[C@H]4NC(C)=O)[C@H](O[C@H](C)C(=O)N[C@@H](C)C(=O)N[C@H](CCC(=O)N[C@@H](CCCCNC(C)=O)C(=O)N[C@H](C)C(=O)N[C@H](C)C(=O)O)C(N)=O)[C@H]3NC(C)=O)[C@H](O)[C@H]2NC(C)=O)[C@H](O[C@H](C)C(=O)N[C@@H](C)C(=O)N[C@H](CCC(=O)N[C@@H](CCCCNC(C)=O)C(=O)N[C@H](C)C(=O)N[C@H](C)C(=O)O)C(N)=O)[C@H]1NC(C)=O. The zero-order chi connectivity index (χ0) is 107. The third-order valence-electron chi connectivity index (χ3n) is 22.5. The maximum Gasteiger partial charge on any atom is 0.325 e. The smallest absolute Gasteiger partial charge is 0.325 e. The molecule has 57 heteroatoms. The number of ether oxygens (including phenoxy) is 10. The molecule has 4 aliphatic heterocycles. The summed E-state index contributed by atoms with van der Waals surface area (Å²) in [6, 6.07) is -21.9. The number of nitrogens with two attached hydrogens (primary N) is 2. The number of unbranched alkanes of at least 4 members (excludes halogenated alkanes) is 2. The summed E-state index contributed by atoms with van der Waals surface area (Å²) in [5.74, 6) is -19.2. The van der Waals surface area contributed by atoms with Gasteiger partial charge in [-0.1, -0.05) is 6.08 Å². The molecule has 804 valence electrons. The number of amides is 18. The van der Waals surface area contributed by atoms with Gasteiger partial charge >= 0.3 is 11.9 Å². The van der Waals surface area contributed by atoms with E-state index in [0.29, 0.717) is 12.8 Å². The molecule has 0 aromatic carbocycles. The van der Waals surface area contributed by atoms with Crippen LogP contribution in [0.1, 0.15) is 168 Å². The van der Waals surface area contributed by atoms with E-state index >= 15 is 0 Å². The Morgan fingerprint density at radius 1 is 0.331 bits per heavy atom. The lowest BCUT2D eigenvalue weighted by Crippen LogP contribution is -2.72. The van der Waals surface area contributed by atoms with Gasteiger partial charge in [0.15, 0.2) is 18.9 Å². The molecule has 32 atom stereocenters. The van der Waals surface area contributed by atoms with Crippen molar-refractivity contribution in [1.82, 2.24) is 85.1 Å². The van der Waals surface area contributed by atoms with Gasteiger partial charge in [0.25, 0.3) is 0 Å². The van der Waals surface area contributed by atoms with Crippen LogP contribution in [0.5, 0.6) is 0 Å². The molecule has 57 nitrogen and oxygen atoms in total. The normalized spacial score (nSPS) is 26.7. The van der Waals surface area contributed by atoms with Crippen LogP contribution in [0.15, 0.2) is 12.3 Å². The molecule has 0 aromatic heterocycles. The van der Waals surface area contributed by atoms with Crippen molar-refractivity contribution in [2.75, 3.05) is 39.5 Å². The Kier molecular flexibility index (Phi) is 51.8. The fourth-order valence-corrected chi connectivity index (χ4v) is 14.9. The molecule has 29 N–H and O–H groups in total. The van der Waals surface area contributed by atoms with Gasteiger partial charge in [0.2, 0.25) is 113 Å². The first-order valence-corrected chi connectivity index (χ1v) is 45.9. The molecule has 4 aliphatic rings. The van der Waals surface area contributed by atoms with E-state index in [9.17, 15) is 142 Å². The molecule has 18 amide bonds. The monoisotopic (exact) mass is 2040 g/mol. The largest absolute Gasteiger partial charge is 0.480 e. The molecule has 0 aliphatic carbocycles. The number of allylic oxidation sites excluding steroid dienone is 1. The summed E-state index contributed by atoms with van der Waals surface area (Å²) in [4.78, 5) is 261. The number of hydrogen-bond donors (Lipinski definition) is 27. The number of aliphatic hydroxyl groups excluding tert-OH is 7. The second kappa shape index (κ2) is 60.0. The molecule has 142 heavy (non-hydrogen) atoms. The summed E-state index contributed by atoms with van der Waals surface area (Å²) in [5.41, 5.74) is 11.4. The first-order valence-electron chi connectivity index (χ1n) is 45.9. The molecular weight excluding hydrogens is 1900 g/mol. The van der Waals surface area contributed by atoms with E-state index in [2.05, 4.69) is 85.1 Å². The highest BCUT2D eigenvalue weighted by Gasteiger charge is 2.59. The highest BCUT2D eigenvalue weighted by molar-refractivity contribution is 5.97. The van der Waals surface area contributed by atoms with Gasteiger partial charge in [0, 0.05) is 67.5 Å². The Balaban J connectivity index is 1.72. The van der Waals surface area contributed by atoms with Crippen molar-refractivity contribution in [3.8, 4) is 0 Å². The van der Waals surface area contributed by atoms with E-state index in [1.165, 1.54) is 54.5 Å². The van der Waals surface area contributed by atoms with E-state index in [1.807, 2.05) is 0 Å². The number of aliphatic hydroxyl groups is 7. The highest BCUT2D eigenvalue weighted by atomic mass is 16.8. The van der Waals surface area contributed by atoms with Crippen LogP contribution in [0.4, 0.5) is 0 Å². The van der Waals surface area contributed by atoms with Gasteiger partial charge in [0.05, 0.1) is 32.7 Å². The molecule has 0 saturated carbocycles. The van der Waals surface area contributed by atoms with E-state index < -0.39 is 354 Å². The van der Waals surface area contributed by atoms with Gasteiger partial charge in [-0.2, -0.15) is 0 Å². The number of carbonyl (C=O) groups is 20. The van der Waals surface area contributed by atoms with Gasteiger partial charge in [-0.05, 0) is 114 Å². The summed E-state index contributed by atoms with van der Waals surface area (Å²) in [6.07, 6.45) is -33.8. The average Bonchev–Trinajstić information content (AvgIpc) is 0.762. The summed E-state index contributed by atoms with van der Waals surface area (Å²) in [7, 11) is 0.